The van der Waals surface area contributed by atoms with Crippen LogP contribution in [0.1, 0.15) is 10.6 Å². The summed E-state index contributed by atoms with van der Waals surface area (Å²) < 4.78 is 42.2. The molecular formula is C12H7F3N2O2S. The summed E-state index contributed by atoms with van der Waals surface area (Å²) in [4.78, 5) is 4.16. The maximum Gasteiger partial charge on any atom is 0.387 e. The highest BCUT2D eigenvalue weighted by Crippen LogP contribution is 2.35. The van der Waals surface area contributed by atoms with E-state index in [1.165, 1.54) is 0 Å². The largest absolute Gasteiger partial charge is 0.434 e. The summed E-state index contributed by atoms with van der Waals surface area (Å²) in [7, 11) is 0. The van der Waals surface area contributed by atoms with E-state index < -0.39 is 19.0 Å². The minimum Gasteiger partial charge on any atom is -0.434 e. The zero-order chi connectivity index (χ0) is 14.7. The SMILES string of the molecule is N#Cc1nc(-c2cc(F)ccc2OC(F)F)sc1CO. The van der Waals surface area contributed by atoms with Gasteiger partial charge in [-0.2, -0.15) is 14.0 Å². The molecule has 0 radical (unpaired) electrons. The maximum atomic E-state index is 13.3. The minimum atomic E-state index is -3.06. The average molecular weight is 300 g/mol. The molecule has 0 amide bonds. The molecule has 1 N–H and O–H groups in total. The summed E-state index contributed by atoms with van der Waals surface area (Å²) in [5.74, 6) is -0.898. The Morgan fingerprint density at radius 2 is 2.20 bits per heavy atom. The van der Waals surface area contributed by atoms with Crippen molar-refractivity contribution in [3.05, 3.63) is 34.6 Å². The summed E-state index contributed by atoms with van der Waals surface area (Å²) in [6, 6.07) is 4.79. The number of rotatable bonds is 4. The lowest BCUT2D eigenvalue weighted by molar-refractivity contribution is -0.0494. The molecule has 0 fully saturated rings. The number of nitriles is 1. The molecular weight excluding hydrogens is 293 g/mol. The second-order valence-corrected chi connectivity index (χ2v) is 4.66. The standard InChI is InChI=1S/C12H7F3N2O2S/c13-6-1-2-9(19-12(14)15)7(3-6)11-17-8(4-16)10(5-18)20-11/h1-3,12,18H,5H2. The van der Waals surface area contributed by atoms with Gasteiger partial charge in [-0.05, 0) is 18.2 Å². The Kier molecular flexibility index (Phi) is 4.22. The molecule has 20 heavy (non-hydrogen) atoms. The fourth-order valence-electron chi connectivity index (χ4n) is 1.53. The van der Waals surface area contributed by atoms with Gasteiger partial charge in [0.05, 0.1) is 17.0 Å². The predicted molar refractivity (Wildman–Crippen MR) is 64.8 cm³/mol. The van der Waals surface area contributed by atoms with Crippen molar-refractivity contribution in [1.29, 1.82) is 5.26 Å². The lowest BCUT2D eigenvalue weighted by Crippen LogP contribution is -2.03. The number of nitrogens with zero attached hydrogens (tertiary/aromatic N) is 2. The van der Waals surface area contributed by atoms with Gasteiger partial charge in [0.2, 0.25) is 0 Å². The van der Waals surface area contributed by atoms with Gasteiger partial charge in [0.15, 0.2) is 5.69 Å². The number of ether oxygens (including phenoxy) is 1. The zero-order valence-electron chi connectivity index (χ0n) is 9.81. The first-order chi connectivity index (χ1) is 9.55. The zero-order valence-corrected chi connectivity index (χ0v) is 10.6. The van der Waals surface area contributed by atoms with Gasteiger partial charge in [0, 0.05) is 0 Å². The van der Waals surface area contributed by atoms with E-state index in [-0.39, 0.29) is 26.9 Å². The summed E-state index contributed by atoms with van der Waals surface area (Å²) in [5, 5.41) is 18.0. The van der Waals surface area contributed by atoms with Crippen LogP contribution in [0.5, 0.6) is 5.75 Å². The lowest BCUT2D eigenvalue weighted by atomic mass is 10.2. The molecule has 1 heterocycles. The van der Waals surface area contributed by atoms with E-state index in [0.29, 0.717) is 0 Å². The van der Waals surface area contributed by atoms with E-state index in [1.807, 2.05) is 0 Å². The number of alkyl halides is 2. The molecule has 0 aliphatic rings. The number of aromatic nitrogens is 1. The fraction of sp³-hybridized carbons (Fsp3) is 0.167. The fourth-order valence-corrected chi connectivity index (χ4v) is 2.42. The molecule has 0 unspecified atom stereocenters. The number of hydrogen-bond donors (Lipinski definition) is 1. The maximum absolute atomic E-state index is 13.3. The molecule has 0 aliphatic heterocycles. The molecule has 0 aliphatic carbocycles. The average Bonchev–Trinajstić information content (AvgIpc) is 2.83. The summed E-state index contributed by atoms with van der Waals surface area (Å²) in [5.41, 5.74) is -0.0220. The van der Waals surface area contributed by atoms with E-state index in [4.69, 9.17) is 10.4 Å². The highest BCUT2D eigenvalue weighted by Gasteiger charge is 2.18. The van der Waals surface area contributed by atoms with E-state index in [2.05, 4.69) is 9.72 Å². The van der Waals surface area contributed by atoms with Gasteiger partial charge >= 0.3 is 6.61 Å². The molecule has 1 aromatic heterocycles. The summed E-state index contributed by atoms with van der Waals surface area (Å²) in [6.07, 6.45) is 0. The van der Waals surface area contributed by atoms with Crippen molar-refractivity contribution in [3.8, 4) is 22.4 Å². The van der Waals surface area contributed by atoms with Gasteiger partial charge in [0.25, 0.3) is 0 Å². The van der Waals surface area contributed by atoms with Crippen molar-refractivity contribution in [1.82, 2.24) is 4.98 Å². The van der Waals surface area contributed by atoms with E-state index in [1.54, 1.807) is 6.07 Å². The highest BCUT2D eigenvalue weighted by molar-refractivity contribution is 7.15. The van der Waals surface area contributed by atoms with Crippen molar-refractivity contribution in [2.75, 3.05) is 0 Å². The van der Waals surface area contributed by atoms with Crippen LogP contribution in [0.4, 0.5) is 13.2 Å². The van der Waals surface area contributed by atoms with E-state index >= 15 is 0 Å². The number of hydrogen-bond acceptors (Lipinski definition) is 5. The van der Waals surface area contributed by atoms with Crippen LogP contribution >= 0.6 is 11.3 Å². The summed E-state index contributed by atoms with van der Waals surface area (Å²) >= 11 is 0.912. The minimum absolute atomic E-state index is 0.00602. The van der Waals surface area contributed by atoms with Crippen molar-refractivity contribution < 1.29 is 23.0 Å². The van der Waals surface area contributed by atoms with Gasteiger partial charge < -0.3 is 9.84 Å². The van der Waals surface area contributed by atoms with E-state index in [9.17, 15) is 13.2 Å². The predicted octanol–water partition coefficient (Wildman–Crippen LogP) is 2.91. The second kappa shape index (κ2) is 5.90. The normalized spacial score (nSPS) is 10.6. The van der Waals surface area contributed by atoms with Crippen LogP contribution in [0, 0.1) is 17.1 Å². The first-order valence-electron chi connectivity index (χ1n) is 5.30. The molecule has 104 valence electrons. The van der Waals surface area contributed by atoms with Crippen LogP contribution in [0.3, 0.4) is 0 Å². The Balaban J connectivity index is 2.53. The molecule has 2 rings (SSSR count). The molecule has 8 heteroatoms. The van der Waals surface area contributed by atoms with Crippen LogP contribution in [-0.2, 0) is 6.61 Å². The monoisotopic (exact) mass is 300 g/mol. The van der Waals surface area contributed by atoms with Crippen molar-refractivity contribution >= 4 is 11.3 Å². The van der Waals surface area contributed by atoms with Crippen LogP contribution in [0.2, 0.25) is 0 Å². The Morgan fingerprint density at radius 3 is 2.75 bits per heavy atom. The summed E-state index contributed by atoms with van der Waals surface area (Å²) in [6.45, 7) is -3.48. The second-order valence-electron chi connectivity index (χ2n) is 3.58. The molecule has 0 bridgehead atoms. The van der Waals surface area contributed by atoms with E-state index in [0.717, 1.165) is 29.5 Å². The third-order valence-corrected chi connectivity index (χ3v) is 3.41. The molecule has 0 saturated heterocycles. The lowest BCUT2D eigenvalue weighted by Gasteiger charge is -2.08. The number of benzene rings is 1. The van der Waals surface area contributed by atoms with Crippen molar-refractivity contribution in [2.24, 2.45) is 0 Å². The van der Waals surface area contributed by atoms with Gasteiger partial charge in [-0.1, -0.05) is 0 Å². The molecule has 0 atom stereocenters. The van der Waals surface area contributed by atoms with Gasteiger partial charge in [-0.3, -0.25) is 0 Å². The van der Waals surface area contributed by atoms with Gasteiger partial charge in [0.1, 0.15) is 22.6 Å². The van der Waals surface area contributed by atoms with Gasteiger partial charge in [-0.15, -0.1) is 11.3 Å². The van der Waals surface area contributed by atoms with Crippen molar-refractivity contribution in [2.45, 2.75) is 13.2 Å². The third kappa shape index (κ3) is 2.89. The van der Waals surface area contributed by atoms with Crippen LogP contribution in [0.15, 0.2) is 18.2 Å². The number of thiazole rings is 1. The topological polar surface area (TPSA) is 66.1 Å². The number of halogens is 3. The molecule has 1 aromatic carbocycles. The number of aliphatic hydroxyl groups excluding tert-OH is 1. The Hall–Kier alpha value is -2.11. The Morgan fingerprint density at radius 1 is 1.45 bits per heavy atom. The van der Waals surface area contributed by atoms with Gasteiger partial charge in [-0.25, -0.2) is 9.37 Å². The Bertz CT molecular complexity index is 667. The van der Waals surface area contributed by atoms with Crippen LogP contribution < -0.4 is 4.74 Å². The van der Waals surface area contributed by atoms with Crippen molar-refractivity contribution in [3.63, 3.8) is 0 Å². The third-order valence-electron chi connectivity index (χ3n) is 2.33. The smallest absolute Gasteiger partial charge is 0.387 e. The first-order valence-corrected chi connectivity index (χ1v) is 6.12. The Labute approximate surface area is 115 Å². The molecule has 0 saturated carbocycles. The first kappa shape index (κ1) is 14.3. The molecule has 0 spiro atoms. The molecule has 2 aromatic rings. The quantitative estimate of drug-likeness (QED) is 0.942. The molecule has 4 nitrogen and oxygen atoms in total. The van der Waals surface area contributed by atoms with Crippen LogP contribution in [0.25, 0.3) is 10.6 Å². The number of aliphatic hydroxyl groups is 1. The highest BCUT2D eigenvalue weighted by atomic mass is 32.1. The van der Waals surface area contributed by atoms with Crippen LogP contribution in [-0.4, -0.2) is 16.7 Å².